The van der Waals surface area contributed by atoms with Crippen molar-refractivity contribution in [2.24, 2.45) is 39.9 Å². The molecule has 3 aliphatic carbocycles. The summed E-state index contributed by atoms with van der Waals surface area (Å²) in [5, 5.41) is 0. The number of ketones is 1. The van der Waals surface area contributed by atoms with Gasteiger partial charge >= 0.3 is 0 Å². The molecule has 3 rings (SSSR count). The third-order valence-electron chi connectivity index (χ3n) is 7.72. The van der Waals surface area contributed by atoms with Crippen LogP contribution in [0, 0.1) is 39.9 Å². The molecule has 0 aliphatic heterocycles. The number of hydrogen-bond acceptors (Lipinski definition) is 1. The van der Waals surface area contributed by atoms with E-state index in [0.717, 1.165) is 0 Å². The number of allylic oxidation sites excluding steroid dienone is 1. The van der Waals surface area contributed by atoms with E-state index in [1.54, 1.807) is 0 Å². The molecule has 2 unspecified atom stereocenters. The molecule has 3 saturated carbocycles. The van der Waals surface area contributed by atoms with Crippen LogP contribution in [0.1, 0.15) is 48.0 Å². The van der Waals surface area contributed by atoms with E-state index in [1.165, 1.54) is 12.0 Å². The van der Waals surface area contributed by atoms with Gasteiger partial charge in [0.05, 0.1) is 0 Å². The highest BCUT2D eigenvalue weighted by molar-refractivity contribution is 5.92. The maximum absolute atomic E-state index is 12.5. The first-order valence-corrected chi connectivity index (χ1v) is 7.31. The zero-order valence-corrected chi connectivity index (χ0v) is 12.6. The molecule has 0 bridgehead atoms. The Morgan fingerprint density at radius 3 is 2.33 bits per heavy atom. The molecule has 1 heteroatoms. The largest absolute Gasteiger partial charge is 0.299 e. The van der Waals surface area contributed by atoms with Gasteiger partial charge in [0, 0.05) is 11.8 Å². The molecule has 100 valence electrons. The fourth-order valence-corrected chi connectivity index (χ4v) is 6.18. The molecule has 0 spiro atoms. The van der Waals surface area contributed by atoms with Gasteiger partial charge in [0.2, 0.25) is 0 Å². The minimum Gasteiger partial charge on any atom is -0.299 e. The van der Waals surface area contributed by atoms with E-state index < -0.39 is 0 Å². The SMILES string of the molecule is C=C(C)[C@@H]1CC2C3C(=O)[C@@H](C)[C@](C)(C1(C)C)[C@]23C. The Bertz CT molecular complexity index is 460. The molecule has 6 atom stereocenters. The van der Waals surface area contributed by atoms with Crippen LogP contribution < -0.4 is 0 Å². The average Bonchev–Trinajstić information content (AvgIpc) is 2.83. The molecule has 0 N–H and O–H groups in total. The van der Waals surface area contributed by atoms with Crippen molar-refractivity contribution in [1.82, 2.24) is 0 Å². The minimum absolute atomic E-state index is 0.133. The molecule has 0 radical (unpaired) electrons. The lowest BCUT2D eigenvalue weighted by molar-refractivity contribution is -0.135. The highest BCUT2D eigenvalue weighted by atomic mass is 16.1. The van der Waals surface area contributed by atoms with E-state index in [9.17, 15) is 4.79 Å². The first kappa shape index (κ1) is 12.4. The van der Waals surface area contributed by atoms with E-state index in [0.29, 0.717) is 23.5 Å². The number of hydrogen-bond donors (Lipinski definition) is 0. The Balaban J connectivity index is 2.17. The predicted octanol–water partition coefficient (Wildman–Crippen LogP) is 4.09. The fraction of sp³-hybridized carbons (Fsp3) is 0.824. The zero-order valence-electron chi connectivity index (χ0n) is 12.6. The first-order chi connectivity index (χ1) is 8.11. The second-order valence-electron chi connectivity index (χ2n) is 8.05. The van der Waals surface area contributed by atoms with Gasteiger partial charge in [-0.3, -0.25) is 4.79 Å². The van der Waals surface area contributed by atoms with Crippen LogP contribution in [-0.4, -0.2) is 5.78 Å². The first-order valence-electron chi connectivity index (χ1n) is 7.31. The number of rotatable bonds is 1. The maximum atomic E-state index is 12.5. The van der Waals surface area contributed by atoms with Gasteiger partial charge in [0.25, 0.3) is 0 Å². The van der Waals surface area contributed by atoms with Crippen LogP contribution in [0.5, 0.6) is 0 Å². The Morgan fingerprint density at radius 1 is 1.28 bits per heavy atom. The summed E-state index contributed by atoms with van der Waals surface area (Å²) in [6.07, 6.45) is 1.18. The highest BCUT2D eigenvalue weighted by Crippen LogP contribution is 2.85. The number of carbonyl (C=O) groups is 1. The lowest BCUT2D eigenvalue weighted by Crippen LogP contribution is -2.53. The van der Waals surface area contributed by atoms with E-state index in [1.807, 2.05) is 0 Å². The van der Waals surface area contributed by atoms with Crippen LogP contribution in [0.4, 0.5) is 0 Å². The topological polar surface area (TPSA) is 17.1 Å². The fourth-order valence-electron chi connectivity index (χ4n) is 6.18. The Hall–Kier alpha value is -0.590. The zero-order chi connectivity index (χ0) is 13.7. The molecule has 0 aromatic heterocycles. The van der Waals surface area contributed by atoms with Gasteiger partial charge in [-0.2, -0.15) is 0 Å². The van der Waals surface area contributed by atoms with Gasteiger partial charge in [-0.15, -0.1) is 0 Å². The summed E-state index contributed by atoms with van der Waals surface area (Å²) in [6.45, 7) is 18.1. The smallest absolute Gasteiger partial charge is 0.140 e. The van der Waals surface area contributed by atoms with E-state index in [-0.39, 0.29) is 22.2 Å². The Labute approximate surface area is 111 Å². The molecule has 0 amide bonds. The van der Waals surface area contributed by atoms with Gasteiger partial charge in [-0.1, -0.05) is 46.8 Å². The van der Waals surface area contributed by atoms with E-state index >= 15 is 0 Å². The van der Waals surface area contributed by atoms with Crippen molar-refractivity contribution >= 4 is 5.78 Å². The monoisotopic (exact) mass is 246 g/mol. The van der Waals surface area contributed by atoms with Crippen LogP contribution in [0.3, 0.4) is 0 Å². The van der Waals surface area contributed by atoms with Gasteiger partial charge < -0.3 is 0 Å². The normalized spacial score (nSPS) is 56.2. The quantitative estimate of drug-likeness (QED) is 0.637. The predicted molar refractivity (Wildman–Crippen MR) is 74.1 cm³/mol. The molecule has 0 aromatic carbocycles. The summed E-state index contributed by atoms with van der Waals surface area (Å²) in [7, 11) is 0. The summed E-state index contributed by atoms with van der Waals surface area (Å²) >= 11 is 0. The van der Waals surface area contributed by atoms with Gasteiger partial charge in [0.1, 0.15) is 5.78 Å². The minimum atomic E-state index is 0.133. The van der Waals surface area contributed by atoms with Crippen molar-refractivity contribution in [3.63, 3.8) is 0 Å². The lowest BCUT2D eigenvalue weighted by Gasteiger charge is -2.58. The van der Waals surface area contributed by atoms with Crippen molar-refractivity contribution in [3.8, 4) is 0 Å². The molecule has 0 aromatic rings. The van der Waals surface area contributed by atoms with Crippen LogP contribution >= 0.6 is 0 Å². The lowest BCUT2D eigenvalue weighted by atomic mass is 9.46. The molecule has 3 fully saturated rings. The summed E-state index contributed by atoms with van der Waals surface area (Å²) < 4.78 is 0. The summed E-state index contributed by atoms with van der Waals surface area (Å²) in [5.74, 6) is 2.29. The molecular weight excluding hydrogens is 220 g/mol. The molecule has 0 heterocycles. The van der Waals surface area contributed by atoms with Crippen LogP contribution in [0.25, 0.3) is 0 Å². The molecule has 1 nitrogen and oxygen atoms in total. The van der Waals surface area contributed by atoms with Gasteiger partial charge in [0.15, 0.2) is 0 Å². The van der Waals surface area contributed by atoms with Crippen molar-refractivity contribution in [2.45, 2.75) is 48.0 Å². The Morgan fingerprint density at radius 2 is 1.83 bits per heavy atom. The standard InChI is InChI=1S/C17H26O/c1-9(2)11-8-12-13-14(18)10(3)17(7,15(11,4)5)16(12,13)6/h10-13H,1,8H2,2-7H3/t10-,11+,12?,13?,16-,17-/m1/s1. The summed E-state index contributed by atoms with van der Waals surface area (Å²) in [6, 6.07) is 0. The number of fused-ring (bicyclic) bond motifs is 1. The summed E-state index contributed by atoms with van der Waals surface area (Å²) in [4.78, 5) is 12.5. The second kappa shape index (κ2) is 2.94. The van der Waals surface area contributed by atoms with Crippen molar-refractivity contribution in [2.75, 3.05) is 0 Å². The number of carbonyl (C=O) groups excluding carboxylic acids is 1. The molecule has 0 saturated heterocycles. The van der Waals surface area contributed by atoms with E-state index in [2.05, 4.69) is 48.1 Å². The van der Waals surface area contributed by atoms with E-state index in [4.69, 9.17) is 0 Å². The molecular formula is C17H26O. The third kappa shape index (κ3) is 0.907. The summed E-state index contributed by atoms with van der Waals surface area (Å²) in [5.41, 5.74) is 1.87. The van der Waals surface area contributed by atoms with Crippen LogP contribution in [0.15, 0.2) is 12.2 Å². The maximum Gasteiger partial charge on any atom is 0.140 e. The Kier molecular flexibility index (Phi) is 2.03. The molecule has 3 aliphatic rings. The van der Waals surface area contributed by atoms with Crippen molar-refractivity contribution < 1.29 is 4.79 Å². The van der Waals surface area contributed by atoms with Gasteiger partial charge in [-0.25, -0.2) is 0 Å². The number of Topliss-reactive ketones (excluding diaryl/α,β-unsaturated/α-hetero) is 1. The average molecular weight is 246 g/mol. The highest BCUT2D eigenvalue weighted by Gasteiger charge is 2.84. The third-order valence-corrected chi connectivity index (χ3v) is 7.72. The van der Waals surface area contributed by atoms with Crippen molar-refractivity contribution in [1.29, 1.82) is 0 Å². The van der Waals surface area contributed by atoms with Gasteiger partial charge in [-0.05, 0) is 41.4 Å². The molecule has 18 heavy (non-hydrogen) atoms. The van der Waals surface area contributed by atoms with Crippen LogP contribution in [0.2, 0.25) is 0 Å². The second-order valence-corrected chi connectivity index (χ2v) is 8.05. The van der Waals surface area contributed by atoms with Crippen LogP contribution in [-0.2, 0) is 4.79 Å². The van der Waals surface area contributed by atoms with Crippen molar-refractivity contribution in [3.05, 3.63) is 12.2 Å².